The number of fused-ring (bicyclic) bond motifs is 1. The number of ether oxygens (including phenoxy) is 1. The van der Waals surface area contributed by atoms with Crippen LogP contribution in [-0.4, -0.2) is 35.5 Å². The number of rotatable bonds is 4. The predicted molar refractivity (Wildman–Crippen MR) is 91.1 cm³/mol. The van der Waals surface area contributed by atoms with Crippen molar-refractivity contribution in [2.75, 3.05) is 19.7 Å². The lowest BCUT2D eigenvalue weighted by molar-refractivity contribution is -0.149. The molecule has 1 aromatic carbocycles. The Kier molecular flexibility index (Phi) is 4.91. The van der Waals surface area contributed by atoms with Crippen molar-refractivity contribution in [1.82, 2.24) is 9.88 Å². The fraction of sp³-hybridized carbons (Fsp3) is 0.474. The first-order chi connectivity index (χ1) is 11.2. The van der Waals surface area contributed by atoms with Crippen molar-refractivity contribution in [2.45, 2.75) is 32.7 Å². The van der Waals surface area contributed by atoms with E-state index in [-0.39, 0.29) is 11.9 Å². The van der Waals surface area contributed by atoms with Gasteiger partial charge in [-0.25, -0.2) is 0 Å². The third kappa shape index (κ3) is 3.37. The maximum Gasteiger partial charge on any atom is 0.309 e. The van der Waals surface area contributed by atoms with Gasteiger partial charge in [0.25, 0.3) is 0 Å². The lowest BCUT2D eigenvalue weighted by atomic mass is 9.93. The van der Waals surface area contributed by atoms with E-state index < -0.39 is 0 Å². The number of esters is 1. The molecule has 23 heavy (non-hydrogen) atoms. The molecule has 1 saturated heterocycles. The lowest BCUT2D eigenvalue weighted by Crippen LogP contribution is -2.38. The Balaban J connectivity index is 1.72. The van der Waals surface area contributed by atoms with Crippen molar-refractivity contribution in [1.29, 1.82) is 0 Å². The molecule has 4 heteroatoms. The number of nitrogens with zero attached hydrogens (tertiary/aromatic N) is 2. The average molecular weight is 312 g/mol. The minimum Gasteiger partial charge on any atom is -0.466 e. The van der Waals surface area contributed by atoms with Crippen molar-refractivity contribution in [3.05, 3.63) is 42.1 Å². The van der Waals surface area contributed by atoms with Gasteiger partial charge in [-0.05, 0) is 57.5 Å². The summed E-state index contributed by atoms with van der Waals surface area (Å²) in [6.45, 7) is 6.44. The summed E-state index contributed by atoms with van der Waals surface area (Å²) < 4.78 is 5.15. The van der Waals surface area contributed by atoms with Gasteiger partial charge >= 0.3 is 5.97 Å². The SMILES string of the molecule is CCOC(=O)C1CCN(C(C)c2cccc3ncccc23)CC1. The molecule has 0 bridgehead atoms. The minimum atomic E-state index is -0.0332. The lowest BCUT2D eigenvalue weighted by Gasteiger charge is -2.35. The van der Waals surface area contributed by atoms with E-state index in [4.69, 9.17) is 4.74 Å². The summed E-state index contributed by atoms with van der Waals surface area (Å²) in [4.78, 5) is 18.8. The van der Waals surface area contributed by atoms with Gasteiger partial charge in [0.1, 0.15) is 0 Å². The average Bonchev–Trinajstić information content (AvgIpc) is 2.61. The number of likely N-dealkylation sites (tertiary alicyclic amines) is 1. The monoisotopic (exact) mass is 312 g/mol. The van der Waals surface area contributed by atoms with Gasteiger partial charge in [-0.3, -0.25) is 14.7 Å². The number of carbonyl (C=O) groups is 1. The highest BCUT2D eigenvalue weighted by molar-refractivity contribution is 5.82. The van der Waals surface area contributed by atoms with Crippen LogP contribution in [0.15, 0.2) is 36.5 Å². The molecule has 122 valence electrons. The fourth-order valence-electron chi connectivity index (χ4n) is 3.47. The predicted octanol–water partition coefficient (Wildman–Crippen LogP) is 3.57. The highest BCUT2D eigenvalue weighted by Crippen LogP contribution is 2.30. The molecule has 1 aliphatic heterocycles. The van der Waals surface area contributed by atoms with E-state index in [1.165, 1.54) is 10.9 Å². The molecular weight excluding hydrogens is 288 g/mol. The molecule has 1 unspecified atom stereocenters. The number of piperidine rings is 1. The van der Waals surface area contributed by atoms with Crippen LogP contribution in [0.3, 0.4) is 0 Å². The zero-order chi connectivity index (χ0) is 16.2. The van der Waals surface area contributed by atoms with Gasteiger partial charge in [0.05, 0.1) is 18.0 Å². The standard InChI is InChI=1S/C19H24N2O2/c1-3-23-19(22)15-9-12-21(13-10-15)14(2)16-6-4-8-18-17(16)7-5-11-20-18/h4-8,11,14-15H,3,9-10,12-13H2,1-2H3. The van der Waals surface area contributed by atoms with Crippen LogP contribution < -0.4 is 0 Å². The third-order valence-electron chi connectivity index (χ3n) is 4.83. The zero-order valence-corrected chi connectivity index (χ0v) is 13.9. The summed E-state index contributed by atoms with van der Waals surface area (Å²) in [7, 11) is 0. The van der Waals surface area contributed by atoms with Crippen molar-refractivity contribution in [3.8, 4) is 0 Å². The van der Waals surface area contributed by atoms with Crippen molar-refractivity contribution in [2.24, 2.45) is 5.92 Å². The largest absolute Gasteiger partial charge is 0.466 e. The van der Waals surface area contributed by atoms with Crippen LogP contribution in [0.2, 0.25) is 0 Å². The van der Waals surface area contributed by atoms with E-state index in [1.54, 1.807) is 0 Å². The van der Waals surface area contributed by atoms with Gasteiger partial charge in [0.2, 0.25) is 0 Å². The number of hydrogen-bond donors (Lipinski definition) is 0. The second-order valence-corrected chi connectivity index (χ2v) is 6.16. The number of pyridine rings is 1. The highest BCUT2D eigenvalue weighted by Gasteiger charge is 2.28. The van der Waals surface area contributed by atoms with E-state index in [0.29, 0.717) is 12.6 Å². The summed E-state index contributed by atoms with van der Waals surface area (Å²) in [5.41, 5.74) is 2.35. The van der Waals surface area contributed by atoms with Gasteiger partial charge < -0.3 is 4.74 Å². The molecule has 0 radical (unpaired) electrons. The smallest absolute Gasteiger partial charge is 0.309 e. The summed E-state index contributed by atoms with van der Waals surface area (Å²) in [5.74, 6) is 0.0294. The van der Waals surface area contributed by atoms with Crippen LogP contribution >= 0.6 is 0 Å². The Bertz CT molecular complexity index is 673. The summed E-state index contributed by atoms with van der Waals surface area (Å²) in [6.07, 6.45) is 3.60. The van der Waals surface area contributed by atoms with Gasteiger partial charge in [-0.2, -0.15) is 0 Å². The molecular formula is C19H24N2O2. The van der Waals surface area contributed by atoms with Crippen LogP contribution in [0.5, 0.6) is 0 Å². The molecule has 1 fully saturated rings. The van der Waals surface area contributed by atoms with Crippen molar-refractivity contribution in [3.63, 3.8) is 0 Å². The van der Waals surface area contributed by atoms with Crippen LogP contribution in [0.1, 0.15) is 38.3 Å². The normalized spacial score (nSPS) is 18.0. The van der Waals surface area contributed by atoms with Gasteiger partial charge in [-0.1, -0.05) is 18.2 Å². The van der Waals surface area contributed by atoms with E-state index in [2.05, 4.69) is 41.1 Å². The minimum absolute atomic E-state index is 0.0332. The summed E-state index contributed by atoms with van der Waals surface area (Å²) >= 11 is 0. The molecule has 1 aliphatic rings. The molecule has 2 heterocycles. The van der Waals surface area contributed by atoms with E-state index in [0.717, 1.165) is 31.4 Å². The number of hydrogen-bond acceptors (Lipinski definition) is 4. The molecule has 0 spiro atoms. The summed E-state index contributed by atoms with van der Waals surface area (Å²) in [5, 5.41) is 1.22. The highest BCUT2D eigenvalue weighted by atomic mass is 16.5. The van der Waals surface area contributed by atoms with E-state index >= 15 is 0 Å². The topological polar surface area (TPSA) is 42.4 Å². The van der Waals surface area contributed by atoms with Crippen LogP contribution in [-0.2, 0) is 9.53 Å². The van der Waals surface area contributed by atoms with Crippen LogP contribution in [0, 0.1) is 5.92 Å². The molecule has 0 saturated carbocycles. The zero-order valence-electron chi connectivity index (χ0n) is 13.9. The van der Waals surface area contributed by atoms with E-state index in [9.17, 15) is 4.79 Å². The molecule has 0 amide bonds. The molecule has 1 aromatic heterocycles. The Morgan fingerprint density at radius 1 is 1.30 bits per heavy atom. The quantitative estimate of drug-likeness (QED) is 0.809. The third-order valence-corrected chi connectivity index (χ3v) is 4.83. The van der Waals surface area contributed by atoms with Gasteiger partial charge in [0, 0.05) is 17.6 Å². The second kappa shape index (κ2) is 7.09. The first-order valence-electron chi connectivity index (χ1n) is 8.45. The Morgan fingerprint density at radius 2 is 2.09 bits per heavy atom. The molecule has 0 aliphatic carbocycles. The Labute approximate surface area is 137 Å². The van der Waals surface area contributed by atoms with Crippen LogP contribution in [0.4, 0.5) is 0 Å². The van der Waals surface area contributed by atoms with Crippen molar-refractivity contribution >= 4 is 16.9 Å². The summed E-state index contributed by atoms with van der Waals surface area (Å²) in [6, 6.07) is 10.8. The number of carbonyl (C=O) groups excluding carboxylic acids is 1. The molecule has 1 atom stereocenters. The number of benzene rings is 1. The molecule has 4 nitrogen and oxygen atoms in total. The van der Waals surface area contributed by atoms with E-state index in [1.807, 2.05) is 19.2 Å². The molecule has 3 rings (SSSR count). The molecule has 0 N–H and O–H groups in total. The maximum atomic E-state index is 11.9. The van der Waals surface area contributed by atoms with Crippen LogP contribution in [0.25, 0.3) is 10.9 Å². The Hall–Kier alpha value is -1.94. The second-order valence-electron chi connectivity index (χ2n) is 6.16. The van der Waals surface area contributed by atoms with Gasteiger partial charge in [-0.15, -0.1) is 0 Å². The first kappa shape index (κ1) is 15.9. The fourth-order valence-corrected chi connectivity index (χ4v) is 3.47. The number of aromatic nitrogens is 1. The molecule has 2 aromatic rings. The first-order valence-corrected chi connectivity index (χ1v) is 8.45. The van der Waals surface area contributed by atoms with Gasteiger partial charge in [0.15, 0.2) is 0 Å². The maximum absolute atomic E-state index is 11.9. The van der Waals surface area contributed by atoms with Crippen molar-refractivity contribution < 1.29 is 9.53 Å². The Morgan fingerprint density at radius 3 is 2.83 bits per heavy atom.